The van der Waals surface area contributed by atoms with Crippen LogP contribution in [0.25, 0.3) is 10.2 Å². The molecule has 0 fully saturated rings. The van der Waals surface area contributed by atoms with Crippen molar-refractivity contribution in [3.63, 3.8) is 0 Å². The number of para-hydroxylation sites is 1. The maximum atomic E-state index is 12.3. The third kappa shape index (κ3) is 2.87. The summed E-state index contributed by atoms with van der Waals surface area (Å²) in [5, 5.41) is 0.762. The molecule has 0 saturated heterocycles. The second kappa shape index (κ2) is 5.75. The number of nitrogens with one attached hydrogen (secondary N) is 1. The highest BCUT2D eigenvalue weighted by molar-refractivity contribution is 7.93. The Bertz CT molecular complexity index is 921. The molecule has 0 unspecified atom stereocenters. The first-order chi connectivity index (χ1) is 10.5. The number of methoxy groups -OCH3 is 1. The number of rotatable bonds is 4. The van der Waals surface area contributed by atoms with Gasteiger partial charge in [-0.2, -0.15) is 0 Å². The number of hydrogen-bond donors (Lipinski definition) is 1. The Kier molecular flexibility index (Phi) is 3.94. The lowest BCUT2D eigenvalue weighted by Crippen LogP contribution is -2.12. The summed E-state index contributed by atoms with van der Waals surface area (Å²) in [5.74, 6) is 0.602. The van der Waals surface area contributed by atoms with Gasteiger partial charge in [-0.1, -0.05) is 29.0 Å². The summed E-state index contributed by atoms with van der Waals surface area (Å²) in [5.41, 5.74) is 0.629. The topological polar surface area (TPSA) is 68.3 Å². The number of thiazole rings is 1. The van der Waals surface area contributed by atoms with Gasteiger partial charge in [0.15, 0.2) is 5.13 Å². The summed E-state index contributed by atoms with van der Waals surface area (Å²) in [6, 6.07) is 11.4. The van der Waals surface area contributed by atoms with Crippen LogP contribution in [0, 0.1) is 0 Å². The summed E-state index contributed by atoms with van der Waals surface area (Å²) in [6.45, 7) is 0. The lowest BCUT2D eigenvalue weighted by atomic mass is 10.3. The highest BCUT2D eigenvalue weighted by Gasteiger charge is 2.17. The van der Waals surface area contributed by atoms with Crippen molar-refractivity contribution in [1.82, 2.24) is 4.98 Å². The maximum absolute atomic E-state index is 12.3. The van der Waals surface area contributed by atoms with E-state index in [-0.39, 0.29) is 10.0 Å². The van der Waals surface area contributed by atoms with Crippen molar-refractivity contribution in [3.05, 3.63) is 47.5 Å². The molecule has 0 aliphatic carbocycles. The lowest BCUT2D eigenvalue weighted by molar-refractivity contribution is 0.419. The average Bonchev–Trinajstić information content (AvgIpc) is 2.89. The molecule has 0 aliphatic heterocycles. The molecule has 0 spiro atoms. The number of halogens is 1. The van der Waals surface area contributed by atoms with Crippen LogP contribution >= 0.6 is 22.9 Å². The zero-order valence-electron chi connectivity index (χ0n) is 11.4. The van der Waals surface area contributed by atoms with Gasteiger partial charge >= 0.3 is 0 Å². The first kappa shape index (κ1) is 15.1. The molecule has 1 N–H and O–H groups in total. The largest absolute Gasteiger partial charge is 0.494 e. The predicted molar refractivity (Wildman–Crippen MR) is 88.4 cm³/mol. The Labute approximate surface area is 136 Å². The molecule has 0 bridgehead atoms. The van der Waals surface area contributed by atoms with Gasteiger partial charge in [0.25, 0.3) is 10.0 Å². The van der Waals surface area contributed by atoms with Crippen molar-refractivity contribution in [2.45, 2.75) is 4.90 Å². The molecule has 22 heavy (non-hydrogen) atoms. The highest BCUT2D eigenvalue weighted by atomic mass is 35.5. The quantitative estimate of drug-likeness (QED) is 0.774. The van der Waals surface area contributed by atoms with Crippen molar-refractivity contribution >= 4 is 48.3 Å². The predicted octanol–water partition coefficient (Wildman–Crippen LogP) is 3.76. The Morgan fingerprint density at radius 3 is 2.59 bits per heavy atom. The van der Waals surface area contributed by atoms with Crippen molar-refractivity contribution in [1.29, 1.82) is 0 Å². The molecule has 1 heterocycles. The molecule has 3 aromatic rings. The fraction of sp³-hybridized carbons (Fsp3) is 0.0714. The molecule has 0 saturated carbocycles. The minimum Gasteiger partial charge on any atom is -0.494 e. The number of hydrogen-bond acceptors (Lipinski definition) is 5. The minimum atomic E-state index is -3.70. The van der Waals surface area contributed by atoms with E-state index < -0.39 is 10.0 Å². The van der Waals surface area contributed by atoms with Crippen LogP contribution in [0.3, 0.4) is 0 Å². The molecular weight excluding hydrogens is 344 g/mol. The molecule has 114 valence electrons. The van der Waals surface area contributed by atoms with E-state index in [9.17, 15) is 8.42 Å². The standard InChI is InChI=1S/C14H11ClN2O3S2/c1-20-11-3-2-4-12-13(11)16-14(21-12)17-22(18,19)10-7-5-9(15)6-8-10/h2-8H,1H3,(H,16,17). The van der Waals surface area contributed by atoms with Crippen LogP contribution in [0.2, 0.25) is 5.02 Å². The second-order valence-electron chi connectivity index (χ2n) is 4.39. The molecule has 2 aromatic carbocycles. The van der Waals surface area contributed by atoms with Crippen LogP contribution < -0.4 is 9.46 Å². The number of nitrogens with zero attached hydrogens (tertiary/aromatic N) is 1. The van der Waals surface area contributed by atoms with Crippen molar-refractivity contribution in [3.8, 4) is 5.75 Å². The van der Waals surface area contributed by atoms with Gasteiger partial charge in [0, 0.05) is 5.02 Å². The lowest BCUT2D eigenvalue weighted by Gasteiger charge is -2.04. The summed E-state index contributed by atoms with van der Waals surface area (Å²) in [7, 11) is -2.15. The third-order valence-corrected chi connectivity index (χ3v) is 5.62. The monoisotopic (exact) mass is 354 g/mol. The SMILES string of the molecule is COc1cccc2sc(NS(=O)(=O)c3ccc(Cl)cc3)nc12. The normalized spacial score (nSPS) is 11.5. The van der Waals surface area contributed by atoms with Gasteiger partial charge < -0.3 is 4.74 Å². The van der Waals surface area contributed by atoms with Crippen LogP contribution in [-0.4, -0.2) is 20.5 Å². The Morgan fingerprint density at radius 2 is 1.91 bits per heavy atom. The third-order valence-electron chi connectivity index (χ3n) is 2.95. The summed E-state index contributed by atoms with van der Waals surface area (Å²) in [4.78, 5) is 4.42. The van der Waals surface area contributed by atoms with Gasteiger partial charge in [-0.15, -0.1) is 0 Å². The van der Waals surface area contributed by atoms with E-state index in [4.69, 9.17) is 16.3 Å². The maximum Gasteiger partial charge on any atom is 0.263 e. The highest BCUT2D eigenvalue weighted by Crippen LogP contribution is 2.33. The summed E-state index contributed by atoms with van der Waals surface area (Å²) in [6.07, 6.45) is 0. The van der Waals surface area contributed by atoms with E-state index in [0.29, 0.717) is 16.3 Å². The van der Waals surface area contributed by atoms with Gasteiger partial charge in [-0.25, -0.2) is 13.4 Å². The molecule has 3 rings (SSSR count). The van der Waals surface area contributed by atoms with Crippen molar-refractivity contribution in [2.75, 3.05) is 11.8 Å². The van der Waals surface area contributed by atoms with Gasteiger partial charge in [0.05, 0.1) is 16.7 Å². The number of anilines is 1. The van der Waals surface area contributed by atoms with Crippen LogP contribution in [-0.2, 0) is 10.0 Å². The molecular formula is C14H11ClN2O3S2. The van der Waals surface area contributed by atoms with Crippen LogP contribution in [0.5, 0.6) is 5.75 Å². The Hall–Kier alpha value is -1.83. The van der Waals surface area contributed by atoms with Gasteiger partial charge in [0.2, 0.25) is 0 Å². The van der Waals surface area contributed by atoms with Crippen molar-refractivity contribution in [2.24, 2.45) is 0 Å². The number of fused-ring (bicyclic) bond motifs is 1. The van der Waals surface area contributed by atoms with Crippen molar-refractivity contribution < 1.29 is 13.2 Å². The Balaban J connectivity index is 1.97. The van der Waals surface area contributed by atoms with Gasteiger partial charge in [0.1, 0.15) is 11.3 Å². The first-order valence-corrected chi connectivity index (χ1v) is 8.89. The van der Waals surface area contributed by atoms with Crippen LogP contribution in [0.1, 0.15) is 0 Å². The number of sulfonamides is 1. The van der Waals surface area contributed by atoms with E-state index in [0.717, 1.165) is 4.70 Å². The van der Waals surface area contributed by atoms with E-state index in [1.165, 1.54) is 35.6 Å². The van der Waals surface area contributed by atoms with Gasteiger partial charge in [-0.3, -0.25) is 4.72 Å². The van der Waals surface area contributed by atoms with E-state index in [1.807, 2.05) is 12.1 Å². The smallest absolute Gasteiger partial charge is 0.263 e. The number of benzene rings is 2. The molecule has 0 radical (unpaired) electrons. The Morgan fingerprint density at radius 1 is 1.18 bits per heavy atom. The molecule has 0 amide bonds. The first-order valence-electron chi connectivity index (χ1n) is 6.21. The fourth-order valence-electron chi connectivity index (χ4n) is 1.92. The molecule has 1 aromatic heterocycles. The molecule has 8 heteroatoms. The van der Waals surface area contributed by atoms with E-state index in [2.05, 4.69) is 9.71 Å². The number of ether oxygens (including phenoxy) is 1. The minimum absolute atomic E-state index is 0.128. The number of aromatic nitrogens is 1. The van der Waals surface area contributed by atoms with Crippen LogP contribution in [0.4, 0.5) is 5.13 Å². The van der Waals surface area contributed by atoms with E-state index >= 15 is 0 Å². The molecule has 0 atom stereocenters. The summed E-state index contributed by atoms with van der Waals surface area (Å²) >= 11 is 7.01. The molecule has 0 aliphatic rings. The zero-order valence-corrected chi connectivity index (χ0v) is 13.8. The fourth-order valence-corrected chi connectivity index (χ4v) is 4.16. The second-order valence-corrected chi connectivity index (χ2v) is 7.53. The van der Waals surface area contributed by atoms with Crippen LogP contribution in [0.15, 0.2) is 47.4 Å². The molecule has 5 nitrogen and oxygen atoms in total. The zero-order chi connectivity index (χ0) is 15.7. The average molecular weight is 355 g/mol. The summed E-state index contributed by atoms with van der Waals surface area (Å²) < 4.78 is 33.2. The van der Waals surface area contributed by atoms with Gasteiger partial charge in [-0.05, 0) is 36.4 Å². The van der Waals surface area contributed by atoms with E-state index in [1.54, 1.807) is 13.2 Å².